The highest BCUT2D eigenvalue weighted by atomic mass is 16.4. The minimum atomic E-state index is -1.03. The summed E-state index contributed by atoms with van der Waals surface area (Å²) in [6.07, 6.45) is 2.29. The molecule has 0 atom stereocenters. The van der Waals surface area contributed by atoms with Crippen LogP contribution < -0.4 is 10.6 Å². The molecule has 5 heteroatoms. The Morgan fingerprint density at radius 2 is 1.93 bits per heavy atom. The first kappa shape index (κ1) is 11.8. The molecule has 0 unspecified atom stereocenters. The van der Waals surface area contributed by atoms with Crippen molar-refractivity contribution in [3.05, 3.63) is 0 Å². The molecule has 0 radical (unpaired) electrons. The molecule has 1 saturated carbocycles. The summed E-state index contributed by atoms with van der Waals surface area (Å²) in [7, 11) is 0. The average molecular weight is 214 g/mol. The average Bonchev–Trinajstić information content (AvgIpc) is 2.92. The molecule has 86 valence electrons. The number of hydrogen-bond donors (Lipinski definition) is 3. The van der Waals surface area contributed by atoms with Crippen LogP contribution >= 0.6 is 0 Å². The summed E-state index contributed by atoms with van der Waals surface area (Å²) in [5, 5.41) is 13.3. The fraction of sp³-hybridized carbons (Fsp3) is 0.800. The number of carbonyl (C=O) groups excluding carboxylic acids is 1. The van der Waals surface area contributed by atoms with E-state index < -0.39 is 12.0 Å². The molecule has 1 fully saturated rings. The van der Waals surface area contributed by atoms with Gasteiger partial charge in [-0.2, -0.15) is 0 Å². The molecule has 0 aromatic rings. The number of nitrogens with one attached hydrogen (secondary N) is 2. The van der Waals surface area contributed by atoms with E-state index in [9.17, 15) is 9.59 Å². The molecule has 1 aliphatic carbocycles. The van der Waals surface area contributed by atoms with Crippen molar-refractivity contribution in [1.82, 2.24) is 10.6 Å². The van der Waals surface area contributed by atoms with E-state index in [1.54, 1.807) is 0 Å². The smallest absolute Gasteiger partial charge is 0.323 e. The minimum Gasteiger partial charge on any atom is -0.480 e. The molecule has 0 aliphatic heterocycles. The minimum absolute atomic E-state index is 0.251. The Balaban J connectivity index is 2.20. The summed E-state index contributed by atoms with van der Waals surface area (Å²) in [5.74, 6) is -0.479. The number of carboxylic acid groups (broad SMARTS) is 1. The fourth-order valence-corrected chi connectivity index (χ4v) is 1.59. The number of urea groups is 1. The van der Waals surface area contributed by atoms with Crippen molar-refractivity contribution < 1.29 is 14.7 Å². The van der Waals surface area contributed by atoms with Gasteiger partial charge in [0.05, 0.1) is 0 Å². The van der Waals surface area contributed by atoms with Crippen LogP contribution in [0.4, 0.5) is 4.79 Å². The molecule has 0 aromatic carbocycles. The van der Waals surface area contributed by atoms with E-state index in [1.807, 2.05) is 0 Å². The van der Waals surface area contributed by atoms with E-state index in [2.05, 4.69) is 24.5 Å². The van der Waals surface area contributed by atoms with E-state index in [-0.39, 0.29) is 12.0 Å². The van der Waals surface area contributed by atoms with Crippen LogP contribution in [0.2, 0.25) is 0 Å². The third-order valence-electron chi connectivity index (χ3n) is 3.12. The highest BCUT2D eigenvalue weighted by Crippen LogP contribution is 2.51. The Morgan fingerprint density at radius 1 is 1.33 bits per heavy atom. The molecule has 0 heterocycles. The summed E-state index contributed by atoms with van der Waals surface area (Å²) in [4.78, 5) is 21.3. The van der Waals surface area contributed by atoms with Crippen LogP contribution in [0.1, 0.15) is 26.7 Å². The zero-order chi connectivity index (χ0) is 11.5. The Morgan fingerprint density at radius 3 is 2.33 bits per heavy atom. The zero-order valence-electron chi connectivity index (χ0n) is 9.17. The van der Waals surface area contributed by atoms with E-state index in [0.717, 1.165) is 12.8 Å². The van der Waals surface area contributed by atoms with Gasteiger partial charge in [-0.15, -0.1) is 0 Å². The molecule has 0 bridgehead atoms. The predicted octanol–water partition coefficient (Wildman–Crippen LogP) is 0.806. The quantitative estimate of drug-likeness (QED) is 0.633. The molecule has 0 saturated heterocycles. The normalized spacial score (nSPS) is 17.3. The molecule has 2 amide bonds. The van der Waals surface area contributed by atoms with Gasteiger partial charge < -0.3 is 15.7 Å². The number of rotatable bonds is 5. The maximum absolute atomic E-state index is 11.2. The van der Waals surface area contributed by atoms with E-state index >= 15 is 0 Å². The van der Waals surface area contributed by atoms with Gasteiger partial charge in [0.2, 0.25) is 0 Å². The maximum Gasteiger partial charge on any atom is 0.323 e. The van der Waals surface area contributed by atoms with Crippen molar-refractivity contribution in [1.29, 1.82) is 0 Å². The van der Waals surface area contributed by atoms with Crippen LogP contribution in [-0.4, -0.2) is 30.2 Å². The number of carboxylic acids is 1. The SMILES string of the molecule is CC(C)C1(CNC(=O)NCC(=O)O)CC1. The van der Waals surface area contributed by atoms with Crippen molar-refractivity contribution in [2.75, 3.05) is 13.1 Å². The summed E-state index contributed by atoms with van der Waals surface area (Å²) >= 11 is 0. The van der Waals surface area contributed by atoms with Crippen molar-refractivity contribution in [3.63, 3.8) is 0 Å². The van der Waals surface area contributed by atoms with Crippen molar-refractivity contribution in [2.45, 2.75) is 26.7 Å². The van der Waals surface area contributed by atoms with Gasteiger partial charge in [0.1, 0.15) is 6.54 Å². The lowest BCUT2D eigenvalue weighted by atomic mass is 9.92. The van der Waals surface area contributed by atoms with Gasteiger partial charge in [0.15, 0.2) is 0 Å². The van der Waals surface area contributed by atoms with Gasteiger partial charge in [0, 0.05) is 6.54 Å². The van der Waals surface area contributed by atoms with E-state index in [4.69, 9.17) is 5.11 Å². The molecule has 3 N–H and O–H groups in total. The standard InChI is InChI=1S/C10H18N2O3/c1-7(2)10(3-4-10)6-12-9(15)11-5-8(13)14/h7H,3-6H2,1-2H3,(H,13,14)(H2,11,12,15). The van der Waals surface area contributed by atoms with Crippen molar-refractivity contribution in [3.8, 4) is 0 Å². The molecule has 15 heavy (non-hydrogen) atoms. The third-order valence-corrected chi connectivity index (χ3v) is 3.12. The van der Waals surface area contributed by atoms with Gasteiger partial charge in [-0.25, -0.2) is 4.79 Å². The highest BCUT2D eigenvalue weighted by Gasteiger charge is 2.45. The monoisotopic (exact) mass is 214 g/mol. The van der Waals surface area contributed by atoms with Crippen LogP contribution in [0, 0.1) is 11.3 Å². The lowest BCUT2D eigenvalue weighted by Crippen LogP contribution is -2.41. The molecule has 1 aliphatic rings. The molecule has 0 spiro atoms. The van der Waals surface area contributed by atoms with Gasteiger partial charge in [-0.05, 0) is 24.2 Å². The summed E-state index contributed by atoms with van der Waals surface area (Å²) in [6.45, 7) is 4.59. The summed E-state index contributed by atoms with van der Waals surface area (Å²) in [5.41, 5.74) is 0.251. The van der Waals surface area contributed by atoms with E-state index in [1.165, 1.54) is 0 Å². The third kappa shape index (κ3) is 3.42. The second-order valence-electron chi connectivity index (χ2n) is 4.45. The second-order valence-corrected chi connectivity index (χ2v) is 4.45. The van der Waals surface area contributed by atoms with Gasteiger partial charge in [-0.1, -0.05) is 13.8 Å². The fourth-order valence-electron chi connectivity index (χ4n) is 1.59. The molecule has 5 nitrogen and oxygen atoms in total. The second kappa shape index (κ2) is 4.51. The Bertz CT molecular complexity index is 259. The lowest BCUT2D eigenvalue weighted by molar-refractivity contribution is -0.135. The van der Waals surface area contributed by atoms with Crippen molar-refractivity contribution >= 4 is 12.0 Å². The number of carbonyl (C=O) groups is 2. The highest BCUT2D eigenvalue weighted by molar-refractivity contribution is 5.79. The van der Waals surface area contributed by atoms with Gasteiger partial charge in [0.25, 0.3) is 0 Å². The predicted molar refractivity (Wildman–Crippen MR) is 55.5 cm³/mol. The van der Waals surface area contributed by atoms with Crippen LogP contribution in [0.25, 0.3) is 0 Å². The Hall–Kier alpha value is -1.26. The topological polar surface area (TPSA) is 78.4 Å². The zero-order valence-corrected chi connectivity index (χ0v) is 9.17. The molecule has 0 aromatic heterocycles. The van der Waals surface area contributed by atoms with Gasteiger partial charge in [-0.3, -0.25) is 4.79 Å². The van der Waals surface area contributed by atoms with Crippen molar-refractivity contribution in [2.24, 2.45) is 11.3 Å². The van der Waals surface area contributed by atoms with Crippen LogP contribution in [-0.2, 0) is 4.79 Å². The summed E-state index contributed by atoms with van der Waals surface area (Å²) < 4.78 is 0. The largest absolute Gasteiger partial charge is 0.480 e. The van der Waals surface area contributed by atoms with Gasteiger partial charge >= 0.3 is 12.0 Å². The Kier molecular flexibility index (Phi) is 3.55. The molecular weight excluding hydrogens is 196 g/mol. The first-order valence-electron chi connectivity index (χ1n) is 5.20. The van der Waals surface area contributed by atoms with Crippen LogP contribution in [0.3, 0.4) is 0 Å². The lowest BCUT2D eigenvalue weighted by Gasteiger charge is -2.19. The first-order valence-corrected chi connectivity index (χ1v) is 5.20. The van der Waals surface area contributed by atoms with Crippen LogP contribution in [0.15, 0.2) is 0 Å². The maximum atomic E-state index is 11.2. The first-order chi connectivity index (χ1) is 6.96. The van der Waals surface area contributed by atoms with Crippen LogP contribution in [0.5, 0.6) is 0 Å². The number of aliphatic carboxylic acids is 1. The Labute approximate surface area is 89.2 Å². The molecule has 1 rings (SSSR count). The summed E-state index contributed by atoms with van der Waals surface area (Å²) in [6, 6.07) is -0.399. The number of amides is 2. The molecular formula is C10H18N2O3. The number of hydrogen-bond acceptors (Lipinski definition) is 2. The van der Waals surface area contributed by atoms with E-state index in [0.29, 0.717) is 12.5 Å².